The van der Waals surface area contributed by atoms with E-state index in [2.05, 4.69) is 0 Å². The Hall–Kier alpha value is -0.810. The highest BCUT2D eigenvalue weighted by Crippen LogP contribution is 2.39. The van der Waals surface area contributed by atoms with Crippen molar-refractivity contribution in [2.24, 2.45) is 5.73 Å². The molecule has 122 valence electrons. The van der Waals surface area contributed by atoms with Gasteiger partial charge in [-0.1, -0.05) is 32.1 Å². The number of nitrogens with zero attached hydrogens (tertiary/aromatic N) is 1. The zero-order valence-corrected chi connectivity index (χ0v) is 13.7. The van der Waals surface area contributed by atoms with E-state index in [-0.39, 0.29) is 6.09 Å². The molecule has 1 heterocycles. The highest BCUT2D eigenvalue weighted by molar-refractivity contribution is 5.70. The second-order valence-electron chi connectivity index (χ2n) is 7.79. The minimum Gasteiger partial charge on any atom is -0.444 e. The van der Waals surface area contributed by atoms with E-state index in [9.17, 15) is 9.90 Å². The summed E-state index contributed by atoms with van der Waals surface area (Å²) >= 11 is 0. The molecule has 2 rings (SSSR count). The largest absolute Gasteiger partial charge is 0.444 e. The minimum atomic E-state index is -0.957. The molecule has 1 amide bonds. The van der Waals surface area contributed by atoms with Crippen LogP contribution in [0.3, 0.4) is 0 Å². The van der Waals surface area contributed by atoms with Crippen LogP contribution >= 0.6 is 0 Å². The van der Waals surface area contributed by atoms with E-state index in [0.29, 0.717) is 13.1 Å². The quantitative estimate of drug-likeness (QED) is 0.779. The Balaban J connectivity index is 1.94. The third kappa shape index (κ3) is 3.69. The number of rotatable bonds is 1. The predicted octanol–water partition coefficient (Wildman–Crippen LogP) is 2.41. The Morgan fingerprint density at radius 1 is 1.10 bits per heavy atom. The van der Waals surface area contributed by atoms with E-state index in [4.69, 9.17) is 10.5 Å². The van der Waals surface area contributed by atoms with Gasteiger partial charge in [-0.25, -0.2) is 4.79 Å². The normalized spacial score (nSPS) is 25.5. The van der Waals surface area contributed by atoms with Crippen LogP contribution in [0.5, 0.6) is 0 Å². The molecule has 0 aromatic rings. The van der Waals surface area contributed by atoms with Crippen LogP contribution in [-0.4, -0.2) is 45.9 Å². The molecule has 2 aliphatic rings. The van der Waals surface area contributed by atoms with E-state index < -0.39 is 16.7 Å². The summed E-state index contributed by atoms with van der Waals surface area (Å²) in [7, 11) is 0. The summed E-state index contributed by atoms with van der Waals surface area (Å²) in [6.07, 6.45) is 7.07. The summed E-state index contributed by atoms with van der Waals surface area (Å²) in [6.45, 7) is 6.11. The van der Waals surface area contributed by atoms with Gasteiger partial charge in [0.05, 0.1) is 13.1 Å². The van der Waals surface area contributed by atoms with Gasteiger partial charge in [0.1, 0.15) is 11.2 Å². The molecule has 0 unspecified atom stereocenters. The van der Waals surface area contributed by atoms with Gasteiger partial charge in [0, 0.05) is 5.54 Å². The molecule has 1 saturated carbocycles. The molecule has 0 spiro atoms. The van der Waals surface area contributed by atoms with Crippen LogP contribution in [0.25, 0.3) is 0 Å². The fraction of sp³-hybridized carbons (Fsp3) is 0.938. The van der Waals surface area contributed by atoms with Crippen molar-refractivity contribution in [2.75, 3.05) is 13.1 Å². The third-order valence-electron chi connectivity index (χ3n) is 4.73. The number of likely N-dealkylation sites (tertiary alicyclic amines) is 1. The van der Waals surface area contributed by atoms with Gasteiger partial charge < -0.3 is 20.5 Å². The number of nitrogens with two attached hydrogens (primary N) is 1. The van der Waals surface area contributed by atoms with Gasteiger partial charge in [-0.2, -0.15) is 0 Å². The van der Waals surface area contributed by atoms with Crippen molar-refractivity contribution < 1.29 is 14.6 Å². The third-order valence-corrected chi connectivity index (χ3v) is 4.73. The summed E-state index contributed by atoms with van der Waals surface area (Å²) in [6, 6.07) is 0. The minimum absolute atomic E-state index is 0.290. The van der Waals surface area contributed by atoms with E-state index in [1.807, 2.05) is 20.8 Å². The van der Waals surface area contributed by atoms with E-state index >= 15 is 0 Å². The molecule has 0 radical (unpaired) electrons. The average Bonchev–Trinajstić information content (AvgIpc) is 2.27. The molecule has 0 aromatic carbocycles. The Bertz CT molecular complexity index is 375. The van der Waals surface area contributed by atoms with Gasteiger partial charge in [-0.3, -0.25) is 0 Å². The number of hydrogen-bond donors (Lipinski definition) is 2. The molecule has 2 fully saturated rings. The second-order valence-corrected chi connectivity index (χ2v) is 7.79. The van der Waals surface area contributed by atoms with Crippen LogP contribution in [0.15, 0.2) is 0 Å². The Morgan fingerprint density at radius 3 is 2.05 bits per heavy atom. The van der Waals surface area contributed by atoms with Crippen molar-refractivity contribution in [3.63, 3.8) is 0 Å². The summed E-state index contributed by atoms with van der Waals surface area (Å²) in [5, 5.41) is 10.9. The van der Waals surface area contributed by atoms with Crippen LogP contribution in [0, 0.1) is 0 Å². The first-order chi connectivity index (χ1) is 9.65. The van der Waals surface area contributed by atoms with Crippen LogP contribution < -0.4 is 5.73 Å². The molecule has 1 aliphatic heterocycles. The smallest absolute Gasteiger partial charge is 0.410 e. The van der Waals surface area contributed by atoms with Crippen molar-refractivity contribution in [3.8, 4) is 0 Å². The number of hydrogen-bond acceptors (Lipinski definition) is 4. The summed E-state index contributed by atoms with van der Waals surface area (Å²) < 4.78 is 5.33. The fourth-order valence-electron chi connectivity index (χ4n) is 3.36. The van der Waals surface area contributed by atoms with Crippen LogP contribution in [0.4, 0.5) is 4.79 Å². The lowest BCUT2D eigenvalue weighted by molar-refractivity contribution is -0.146. The molecule has 21 heavy (non-hydrogen) atoms. The fourth-order valence-corrected chi connectivity index (χ4v) is 3.36. The number of β-amino-alcohol motifs (C(OH)–C–C–N with tert-alkyl or cyclic N) is 1. The van der Waals surface area contributed by atoms with Crippen LogP contribution in [0.2, 0.25) is 0 Å². The summed E-state index contributed by atoms with van der Waals surface area (Å²) in [5.41, 5.74) is 4.50. The molecule has 3 N–H and O–H groups in total. The van der Waals surface area contributed by atoms with Gasteiger partial charge in [-0.15, -0.1) is 0 Å². The highest BCUT2D eigenvalue weighted by atomic mass is 16.6. The lowest BCUT2D eigenvalue weighted by atomic mass is 9.68. The number of carbonyl (C=O) groups is 1. The average molecular weight is 298 g/mol. The lowest BCUT2D eigenvalue weighted by Gasteiger charge is -2.55. The first-order valence-electron chi connectivity index (χ1n) is 8.14. The maximum Gasteiger partial charge on any atom is 0.410 e. The van der Waals surface area contributed by atoms with Crippen molar-refractivity contribution >= 4 is 6.09 Å². The second kappa shape index (κ2) is 5.76. The van der Waals surface area contributed by atoms with E-state index in [1.165, 1.54) is 19.3 Å². The maximum atomic E-state index is 12.0. The van der Waals surface area contributed by atoms with E-state index in [1.54, 1.807) is 4.90 Å². The number of aliphatic hydroxyl groups is 1. The predicted molar refractivity (Wildman–Crippen MR) is 82.0 cm³/mol. The van der Waals surface area contributed by atoms with Crippen LogP contribution in [-0.2, 0) is 4.74 Å². The summed E-state index contributed by atoms with van der Waals surface area (Å²) in [5.74, 6) is 0. The van der Waals surface area contributed by atoms with Gasteiger partial charge in [-0.05, 0) is 33.6 Å². The SMILES string of the molecule is CC(C)(C)OC(=O)N1CC(O)(C2(N)CCCCCCC2)C1. The molecule has 5 nitrogen and oxygen atoms in total. The molecule has 1 saturated heterocycles. The van der Waals surface area contributed by atoms with Gasteiger partial charge >= 0.3 is 6.09 Å². The molecule has 1 aliphatic carbocycles. The first-order valence-corrected chi connectivity index (χ1v) is 8.14. The van der Waals surface area contributed by atoms with Crippen LogP contribution in [0.1, 0.15) is 65.7 Å². The van der Waals surface area contributed by atoms with Gasteiger partial charge in [0.15, 0.2) is 0 Å². The topological polar surface area (TPSA) is 75.8 Å². The van der Waals surface area contributed by atoms with E-state index in [0.717, 1.165) is 25.7 Å². The number of carbonyl (C=O) groups excluding carboxylic acids is 1. The zero-order chi connectivity index (χ0) is 15.7. The van der Waals surface area contributed by atoms with Crippen molar-refractivity contribution in [2.45, 2.75) is 82.5 Å². The van der Waals surface area contributed by atoms with Crippen molar-refractivity contribution in [3.05, 3.63) is 0 Å². The highest BCUT2D eigenvalue weighted by Gasteiger charge is 2.56. The Labute approximate surface area is 127 Å². The molecular formula is C16H30N2O3. The number of ether oxygens (including phenoxy) is 1. The summed E-state index contributed by atoms with van der Waals surface area (Å²) in [4.78, 5) is 13.5. The maximum absolute atomic E-state index is 12.0. The number of amides is 1. The van der Waals surface area contributed by atoms with Crippen molar-refractivity contribution in [1.82, 2.24) is 4.90 Å². The lowest BCUT2D eigenvalue weighted by Crippen LogP contribution is -2.77. The molecule has 0 aromatic heterocycles. The molecule has 0 atom stereocenters. The molecule has 0 bridgehead atoms. The van der Waals surface area contributed by atoms with Gasteiger partial charge in [0.2, 0.25) is 0 Å². The van der Waals surface area contributed by atoms with Crippen molar-refractivity contribution in [1.29, 1.82) is 0 Å². The zero-order valence-electron chi connectivity index (χ0n) is 13.7. The first kappa shape index (κ1) is 16.6. The standard InChI is InChI=1S/C16H30N2O3/c1-14(2,3)21-13(19)18-11-16(20,12-18)15(17)9-7-5-4-6-8-10-15/h20H,4-12,17H2,1-3H3. The molecular weight excluding hydrogens is 268 g/mol. The Kier molecular flexibility index (Phi) is 4.54. The Morgan fingerprint density at radius 2 is 1.57 bits per heavy atom. The monoisotopic (exact) mass is 298 g/mol. The van der Waals surface area contributed by atoms with Gasteiger partial charge in [0.25, 0.3) is 0 Å². The molecule has 5 heteroatoms.